The van der Waals surface area contributed by atoms with Gasteiger partial charge < -0.3 is 10.0 Å². The molecule has 1 aromatic carbocycles. The maximum absolute atomic E-state index is 12.9. The third-order valence-corrected chi connectivity index (χ3v) is 7.69. The van der Waals surface area contributed by atoms with Crippen LogP contribution in [0.1, 0.15) is 5.56 Å². The molecule has 1 unspecified atom stereocenters. The molecule has 0 aliphatic carbocycles. The van der Waals surface area contributed by atoms with Gasteiger partial charge in [-0.25, -0.2) is 18.2 Å². The number of alkyl halides is 4. The second-order valence-corrected chi connectivity index (χ2v) is 10.2. The highest BCUT2D eigenvalue weighted by molar-refractivity contribution is 8.00. The first-order valence-electron chi connectivity index (χ1n) is 9.02. The minimum atomic E-state index is -4.65. The predicted octanol–water partition coefficient (Wildman–Crippen LogP) is 4.58. The summed E-state index contributed by atoms with van der Waals surface area (Å²) in [5.74, 6) is -1.55. The van der Waals surface area contributed by atoms with Crippen LogP contribution in [0.5, 0.6) is 0 Å². The number of benzene rings is 1. The van der Waals surface area contributed by atoms with Crippen molar-refractivity contribution in [2.75, 3.05) is 16.4 Å². The predicted molar refractivity (Wildman–Crippen MR) is 115 cm³/mol. The van der Waals surface area contributed by atoms with E-state index < -0.39 is 43.7 Å². The summed E-state index contributed by atoms with van der Waals surface area (Å²) in [6, 6.07) is 6.87. The molecule has 1 aliphatic heterocycles. The van der Waals surface area contributed by atoms with Gasteiger partial charge in [-0.2, -0.15) is 13.2 Å². The van der Waals surface area contributed by atoms with Gasteiger partial charge in [0.1, 0.15) is 10.5 Å². The highest BCUT2D eigenvalue weighted by Gasteiger charge is 2.31. The highest BCUT2D eigenvalue weighted by Crippen LogP contribution is 2.34. The van der Waals surface area contributed by atoms with Crippen molar-refractivity contribution in [2.24, 2.45) is 0 Å². The molecule has 6 nitrogen and oxygen atoms in total. The van der Waals surface area contributed by atoms with Gasteiger partial charge in [0.15, 0.2) is 9.84 Å². The fourth-order valence-corrected chi connectivity index (χ4v) is 5.71. The molecule has 0 amide bonds. The van der Waals surface area contributed by atoms with Crippen molar-refractivity contribution in [2.45, 2.75) is 21.6 Å². The Kier molecular flexibility index (Phi) is 7.21. The van der Waals surface area contributed by atoms with Gasteiger partial charge in [-0.3, -0.25) is 0 Å². The Hall–Kier alpha value is -2.50. The molecule has 32 heavy (non-hydrogen) atoms. The normalized spacial score (nSPS) is 16.7. The number of pyridine rings is 1. The first-order chi connectivity index (χ1) is 15.0. The van der Waals surface area contributed by atoms with Crippen LogP contribution in [-0.2, 0) is 20.8 Å². The average molecular weight is 505 g/mol. The lowest BCUT2D eigenvalue weighted by atomic mass is 10.2. The molecule has 0 saturated heterocycles. The van der Waals surface area contributed by atoms with Gasteiger partial charge in [0.2, 0.25) is 0 Å². The molecule has 1 aliphatic rings. The molecule has 2 aromatic rings. The van der Waals surface area contributed by atoms with Crippen molar-refractivity contribution in [3.63, 3.8) is 0 Å². The Morgan fingerprint density at radius 2 is 2.00 bits per heavy atom. The Balaban J connectivity index is 1.77. The summed E-state index contributed by atoms with van der Waals surface area (Å²) < 4.78 is 63.8. The molecule has 3 rings (SSSR count). The largest absolute Gasteiger partial charge is 0.478 e. The molecular formula is C20H16ClF3N2O4S2. The van der Waals surface area contributed by atoms with Crippen LogP contribution in [0.15, 0.2) is 76.4 Å². The molecule has 0 fully saturated rings. The first kappa shape index (κ1) is 24.1. The van der Waals surface area contributed by atoms with E-state index in [0.29, 0.717) is 16.8 Å². The van der Waals surface area contributed by atoms with E-state index in [1.807, 2.05) is 0 Å². The molecule has 1 atom stereocenters. The minimum absolute atomic E-state index is 0.00817. The first-order valence-corrected chi connectivity index (χ1v) is 12.1. The van der Waals surface area contributed by atoms with Crippen LogP contribution in [0.3, 0.4) is 0 Å². The van der Waals surface area contributed by atoms with Crippen molar-refractivity contribution < 1.29 is 31.5 Å². The minimum Gasteiger partial charge on any atom is -0.478 e. The Morgan fingerprint density at radius 1 is 1.25 bits per heavy atom. The number of nitrogens with zero attached hydrogens (tertiary/aromatic N) is 2. The van der Waals surface area contributed by atoms with Crippen LogP contribution in [-0.4, -0.2) is 41.5 Å². The summed E-state index contributed by atoms with van der Waals surface area (Å²) in [7, 11) is -3.97. The quantitative estimate of drug-likeness (QED) is 0.335. The molecule has 0 bridgehead atoms. The van der Waals surface area contributed by atoms with Crippen LogP contribution < -0.4 is 4.90 Å². The second kappa shape index (κ2) is 9.55. The van der Waals surface area contributed by atoms with Crippen LogP contribution in [0.25, 0.3) is 0 Å². The molecule has 1 N–H and O–H groups in total. The van der Waals surface area contributed by atoms with E-state index in [4.69, 9.17) is 11.6 Å². The number of anilines is 1. The summed E-state index contributed by atoms with van der Waals surface area (Å²) in [5, 5.41) is 9.62. The Labute approximate surface area is 191 Å². The van der Waals surface area contributed by atoms with Gasteiger partial charge in [-0.1, -0.05) is 17.7 Å². The maximum atomic E-state index is 12.9. The third-order valence-electron chi connectivity index (χ3n) is 4.37. The number of hydrogen-bond acceptors (Lipinski definition) is 6. The van der Waals surface area contributed by atoms with Crippen LogP contribution in [0, 0.1) is 0 Å². The zero-order chi connectivity index (χ0) is 23.5. The molecule has 0 saturated carbocycles. The summed E-state index contributed by atoms with van der Waals surface area (Å²) in [6.45, 7) is 0. The van der Waals surface area contributed by atoms with Gasteiger partial charge in [-0.15, -0.1) is 11.8 Å². The van der Waals surface area contributed by atoms with Gasteiger partial charge in [0, 0.05) is 18.1 Å². The van der Waals surface area contributed by atoms with Crippen LogP contribution in [0.4, 0.5) is 18.9 Å². The maximum Gasteiger partial charge on any atom is 0.416 e. The van der Waals surface area contributed by atoms with E-state index in [0.717, 1.165) is 30.0 Å². The zero-order valence-electron chi connectivity index (χ0n) is 16.2. The SMILES string of the molecule is O=C(O)C1=CN(c2cccnc2SCCS(=O)(=O)c2cccc(C(F)(F)F)c2)C(Cl)C=C1. The van der Waals surface area contributed by atoms with E-state index in [1.54, 1.807) is 12.1 Å². The molecule has 12 heteroatoms. The monoisotopic (exact) mass is 504 g/mol. The summed E-state index contributed by atoms with van der Waals surface area (Å²) in [5.41, 5.74) is -1.24. The van der Waals surface area contributed by atoms with Crippen molar-refractivity contribution >= 4 is 44.9 Å². The van der Waals surface area contributed by atoms with Gasteiger partial charge in [0.25, 0.3) is 0 Å². The van der Waals surface area contributed by atoms with Crippen molar-refractivity contribution in [1.82, 2.24) is 4.98 Å². The Bertz CT molecular complexity index is 1180. The molecule has 0 radical (unpaired) electrons. The van der Waals surface area contributed by atoms with Gasteiger partial charge in [0.05, 0.1) is 27.5 Å². The number of carboxylic acid groups (broad SMARTS) is 1. The lowest BCUT2D eigenvalue weighted by molar-refractivity contribution is -0.137. The lowest BCUT2D eigenvalue weighted by Gasteiger charge is -2.28. The fourth-order valence-electron chi connectivity index (χ4n) is 2.79. The zero-order valence-corrected chi connectivity index (χ0v) is 18.5. The number of carbonyl (C=O) groups is 1. The summed E-state index contributed by atoms with van der Waals surface area (Å²) in [4.78, 5) is 16.6. The molecule has 2 heterocycles. The number of aromatic nitrogens is 1. The average Bonchev–Trinajstić information content (AvgIpc) is 2.74. The molecule has 170 valence electrons. The standard InChI is InChI=1S/C20H16ClF3N2O4S2/c21-17-7-6-13(19(27)28)12-26(17)16-5-2-8-25-18(16)31-9-10-32(29,30)15-4-1-3-14(11-15)20(22,23)24/h1-8,11-12,17H,9-10H2,(H,27,28). The number of sulfone groups is 1. The van der Waals surface area contributed by atoms with Gasteiger partial charge >= 0.3 is 12.1 Å². The number of rotatable bonds is 7. The smallest absolute Gasteiger partial charge is 0.416 e. The number of aliphatic carboxylic acids is 1. The summed E-state index contributed by atoms with van der Waals surface area (Å²) in [6.07, 6.45) is 1.05. The number of thioether (sulfide) groups is 1. The molecule has 0 spiro atoms. The van der Waals surface area contributed by atoms with E-state index in [-0.39, 0.29) is 11.3 Å². The number of hydrogen-bond donors (Lipinski definition) is 1. The topological polar surface area (TPSA) is 87.6 Å². The van der Waals surface area contributed by atoms with Crippen LogP contribution >= 0.6 is 23.4 Å². The third kappa shape index (κ3) is 5.64. The molecular weight excluding hydrogens is 489 g/mol. The number of carboxylic acids is 1. The van der Waals surface area contributed by atoms with Crippen LogP contribution in [0.2, 0.25) is 0 Å². The second-order valence-electron chi connectivity index (χ2n) is 6.55. The fraction of sp³-hybridized carbons (Fsp3) is 0.200. The van der Waals surface area contributed by atoms with E-state index >= 15 is 0 Å². The van der Waals surface area contributed by atoms with Crippen molar-refractivity contribution in [3.8, 4) is 0 Å². The van der Waals surface area contributed by atoms with E-state index in [9.17, 15) is 31.5 Å². The Morgan fingerprint density at radius 3 is 2.69 bits per heavy atom. The summed E-state index contributed by atoms with van der Waals surface area (Å²) >= 11 is 7.34. The van der Waals surface area contributed by atoms with E-state index in [1.165, 1.54) is 29.4 Å². The highest BCUT2D eigenvalue weighted by atomic mass is 35.5. The lowest BCUT2D eigenvalue weighted by Crippen LogP contribution is -2.28. The van der Waals surface area contributed by atoms with Crippen molar-refractivity contribution in [1.29, 1.82) is 0 Å². The van der Waals surface area contributed by atoms with Gasteiger partial charge in [-0.05, 0) is 42.5 Å². The van der Waals surface area contributed by atoms with Crippen molar-refractivity contribution in [3.05, 3.63) is 72.1 Å². The molecule has 1 aromatic heterocycles. The number of halogens is 4. The van der Waals surface area contributed by atoms with E-state index in [2.05, 4.69) is 4.98 Å².